The summed E-state index contributed by atoms with van der Waals surface area (Å²) in [6, 6.07) is 0. The Labute approximate surface area is 176 Å². The van der Waals surface area contributed by atoms with Crippen molar-refractivity contribution in [3.05, 3.63) is 11.8 Å². The van der Waals surface area contributed by atoms with Gasteiger partial charge in [0.1, 0.15) is 6.10 Å². The highest BCUT2D eigenvalue weighted by atomic mass is 16.6. The molecule has 1 aliphatic heterocycles. The summed E-state index contributed by atoms with van der Waals surface area (Å²) in [6.45, 7) is 8.96. The van der Waals surface area contributed by atoms with Gasteiger partial charge in [-0.1, -0.05) is 27.7 Å². The molecule has 1 heterocycles. The average molecular weight is 418 g/mol. The lowest BCUT2D eigenvalue weighted by Crippen LogP contribution is -2.73. The van der Waals surface area contributed by atoms with E-state index in [-0.39, 0.29) is 47.5 Å². The predicted molar refractivity (Wildman–Crippen MR) is 105 cm³/mol. The summed E-state index contributed by atoms with van der Waals surface area (Å²) < 4.78 is 16.9. The van der Waals surface area contributed by atoms with E-state index in [1.165, 1.54) is 14.0 Å². The lowest BCUT2D eigenvalue weighted by Gasteiger charge is -2.66. The second-order valence-corrected chi connectivity index (χ2v) is 9.90. The van der Waals surface area contributed by atoms with Gasteiger partial charge >= 0.3 is 11.9 Å². The van der Waals surface area contributed by atoms with E-state index in [0.29, 0.717) is 6.42 Å². The summed E-state index contributed by atoms with van der Waals surface area (Å²) in [4.78, 5) is 51.6. The van der Waals surface area contributed by atoms with Gasteiger partial charge in [-0.25, -0.2) is 0 Å². The summed E-state index contributed by atoms with van der Waals surface area (Å²) in [7, 11) is 1.47. The van der Waals surface area contributed by atoms with E-state index >= 15 is 0 Å². The molecule has 3 aliphatic carbocycles. The maximum Gasteiger partial charge on any atom is 0.306 e. The highest BCUT2D eigenvalue weighted by molar-refractivity contribution is 6.01. The van der Waals surface area contributed by atoms with Gasteiger partial charge in [0.25, 0.3) is 0 Å². The molecule has 0 unspecified atom stereocenters. The average Bonchev–Trinajstić information content (AvgIpc) is 2.67. The molecule has 0 aromatic rings. The molecule has 4 aliphatic rings. The first-order chi connectivity index (χ1) is 14.0. The van der Waals surface area contributed by atoms with E-state index in [1.807, 2.05) is 26.8 Å². The van der Waals surface area contributed by atoms with Crippen LogP contribution in [-0.2, 0) is 33.4 Å². The Hall–Kier alpha value is -2.18. The van der Waals surface area contributed by atoms with Crippen molar-refractivity contribution in [3.8, 4) is 0 Å². The summed E-state index contributed by atoms with van der Waals surface area (Å²) in [5.41, 5.74) is -1.65. The van der Waals surface area contributed by atoms with Crippen molar-refractivity contribution in [2.75, 3.05) is 7.11 Å². The summed E-state index contributed by atoms with van der Waals surface area (Å²) in [5.74, 6) is -2.53. The lowest BCUT2D eigenvalue weighted by molar-refractivity contribution is -0.252. The predicted octanol–water partition coefficient (Wildman–Crippen LogP) is 2.47. The van der Waals surface area contributed by atoms with Crippen molar-refractivity contribution >= 4 is 23.5 Å². The van der Waals surface area contributed by atoms with Crippen molar-refractivity contribution < 1.29 is 33.4 Å². The highest BCUT2D eigenvalue weighted by Gasteiger charge is 2.73. The molecule has 30 heavy (non-hydrogen) atoms. The van der Waals surface area contributed by atoms with Crippen molar-refractivity contribution in [2.24, 2.45) is 40.4 Å². The van der Waals surface area contributed by atoms with Crippen molar-refractivity contribution in [2.45, 2.75) is 59.7 Å². The van der Waals surface area contributed by atoms with E-state index in [1.54, 1.807) is 6.92 Å². The Bertz CT molecular complexity index is 860. The molecule has 0 spiro atoms. The van der Waals surface area contributed by atoms with Crippen LogP contribution in [0.15, 0.2) is 11.8 Å². The van der Waals surface area contributed by atoms with Crippen molar-refractivity contribution in [1.29, 1.82) is 0 Å². The smallest absolute Gasteiger partial charge is 0.306 e. The lowest BCUT2D eigenvalue weighted by atomic mass is 9.38. The number of allylic oxidation sites excluding steroid dienone is 2. The summed E-state index contributed by atoms with van der Waals surface area (Å²) in [6.07, 6.45) is 0.972. The molecule has 0 aromatic heterocycles. The molecule has 1 saturated heterocycles. The zero-order valence-electron chi connectivity index (χ0n) is 18.4. The molecular weight excluding hydrogens is 388 g/mol. The Balaban J connectivity index is 1.96. The molecule has 164 valence electrons. The quantitative estimate of drug-likeness (QED) is 0.636. The summed E-state index contributed by atoms with van der Waals surface area (Å²) >= 11 is 0. The number of rotatable bonds is 2. The number of hydrogen-bond acceptors (Lipinski definition) is 7. The van der Waals surface area contributed by atoms with Crippen molar-refractivity contribution in [3.63, 3.8) is 0 Å². The first-order valence-electron chi connectivity index (χ1n) is 10.7. The monoisotopic (exact) mass is 418 g/mol. The van der Waals surface area contributed by atoms with E-state index in [0.717, 1.165) is 0 Å². The van der Waals surface area contributed by atoms with Crippen LogP contribution in [0.2, 0.25) is 0 Å². The number of esters is 2. The van der Waals surface area contributed by atoms with Crippen LogP contribution in [0.3, 0.4) is 0 Å². The Kier molecular flexibility index (Phi) is 4.68. The largest absolute Gasteiger partial charge is 0.493 e. The first-order valence-corrected chi connectivity index (χ1v) is 10.7. The molecule has 7 nitrogen and oxygen atoms in total. The van der Waals surface area contributed by atoms with Crippen LogP contribution >= 0.6 is 0 Å². The molecule has 0 N–H and O–H groups in total. The fourth-order valence-corrected chi connectivity index (χ4v) is 7.27. The van der Waals surface area contributed by atoms with Crippen LogP contribution in [0.1, 0.15) is 47.5 Å². The Morgan fingerprint density at radius 3 is 2.43 bits per heavy atom. The van der Waals surface area contributed by atoms with Crippen LogP contribution in [0.25, 0.3) is 0 Å². The van der Waals surface area contributed by atoms with Gasteiger partial charge in [0.15, 0.2) is 17.6 Å². The van der Waals surface area contributed by atoms with Crippen LogP contribution < -0.4 is 0 Å². The number of methoxy groups -OCH3 is 1. The maximum atomic E-state index is 13.7. The molecule has 0 radical (unpaired) electrons. The van der Waals surface area contributed by atoms with Gasteiger partial charge in [-0.3, -0.25) is 19.2 Å². The SMILES string of the molecule is COC1=C[C@@H](C)[C@@H]2C[C@H]3OC(=O)C[C@H]4[C@@H](C)C(=O)[C@@H](OC(C)=O)[C@H]([C@@]2(C)C1=O)[C@@]34C. The van der Waals surface area contributed by atoms with Crippen molar-refractivity contribution in [1.82, 2.24) is 0 Å². The molecule has 0 aromatic carbocycles. The van der Waals surface area contributed by atoms with E-state index in [4.69, 9.17) is 14.2 Å². The first kappa shape index (κ1) is 21.1. The van der Waals surface area contributed by atoms with Gasteiger partial charge in [-0.15, -0.1) is 0 Å². The minimum absolute atomic E-state index is 0.0290. The normalized spacial score (nSPS) is 47.5. The zero-order chi connectivity index (χ0) is 22.2. The van der Waals surface area contributed by atoms with Gasteiger partial charge in [-0.2, -0.15) is 0 Å². The molecule has 7 heteroatoms. The number of carbonyl (C=O) groups is 4. The zero-order valence-corrected chi connectivity index (χ0v) is 18.4. The van der Waals surface area contributed by atoms with Gasteiger partial charge < -0.3 is 14.2 Å². The minimum atomic E-state index is -1.06. The van der Waals surface area contributed by atoms with Crippen LogP contribution in [0.5, 0.6) is 0 Å². The molecular formula is C23H30O7. The van der Waals surface area contributed by atoms with Crippen LogP contribution in [0.4, 0.5) is 0 Å². The number of ether oxygens (including phenoxy) is 3. The standard InChI is InChI=1S/C23H30O7/c1-10-7-15(28-6)21(27)23(5)13(10)8-16-22(4)14(9-17(25)30-16)11(2)18(26)19(20(22)23)29-12(3)24/h7,10-11,13-14,16,19-20H,8-9H2,1-6H3/t10-,11-,13+,14+,16-,19-,20+,22-,23+/m1/s1. The third-order valence-electron chi connectivity index (χ3n) is 8.62. The van der Waals surface area contributed by atoms with Gasteiger partial charge in [0, 0.05) is 36.0 Å². The molecule has 9 atom stereocenters. The third-order valence-corrected chi connectivity index (χ3v) is 8.62. The fraction of sp³-hybridized carbons (Fsp3) is 0.739. The van der Waals surface area contributed by atoms with Crippen LogP contribution in [-0.4, -0.2) is 42.8 Å². The summed E-state index contributed by atoms with van der Waals surface area (Å²) in [5, 5.41) is 0. The van der Waals surface area contributed by atoms with Crippen LogP contribution in [0, 0.1) is 40.4 Å². The van der Waals surface area contributed by atoms with Gasteiger partial charge in [0.2, 0.25) is 5.78 Å². The van der Waals surface area contributed by atoms with Gasteiger partial charge in [-0.05, 0) is 30.3 Å². The molecule has 2 saturated carbocycles. The topological polar surface area (TPSA) is 96.0 Å². The third kappa shape index (κ3) is 2.50. The van der Waals surface area contributed by atoms with E-state index in [9.17, 15) is 19.2 Å². The number of hydrogen-bond donors (Lipinski definition) is 0. The minimum Gasteiger partial charge on any atom is -0.493 e. The number of carbonyl (C=O) groups excluding carboxylic acids is 4. The van der Waals surface area contributed by atoms with E-state index < -0.39 is 40.8 Å². The molecule has 3 fully saturated rings. The van der Waals surface area contributed by atoms with E-state index in [2.05, 4.69) is 0 Å². The maximum absolute atomic E-state index is 13.7. The second-order valence-electron chi connectivity index (χ2n) is 9.90. The van der Waals surface area contributed by atoms with Gasteiger partial charge in [0.05, 0.1) is 7.11 Å². The Morgan fingerprint density at radius 1 is 1.17 bits per heavy atom. The molecule has 4 rings (SSSR count). The number of Topliss-reactive ketones (excluding diaryl/α,β-unsaturated/α-hetero) is 2. The fourth-order valence-electron chi connectivity index (χ4n) is 7.27. The number of ketones is 2. The molecule has 0 amide bonds. The second kappa shape index (κ2) is 6.66. The molecule has 0 bridgehead atoms. The Morgan fingerprint density at radius 2 is 1.83 bits per heavy atom. The highest BCUT2D eigenvalue weighted by Crippen LogP contribution is 2.68. The number of fused-ring (bicyclic) bond motifs is 2.